The van der Waals surface area contributed by atoms with Gasteiger partial charge in [0.1, 0.15) is 4.83 Å². The molecule has 0 aliphatic carbocycles. The Morgan fingerprint density at radius 1 is 1.04 bits per heavy atom. The molecule has 0 saturated heterocycles. The van der Waals surface area contributed by atoms with E-state index in [0.717, 1.165) is 21.5 Å². The lowest BCUT2D eigenvalue weighted by Crippen LogP contribution is -2.32. The molecule has 0 bridgehead atoms. The molecular weight excluding hydrogens is 306 g/mol. The summed E-state index contributed by atoms with van der Waals surface area (Å²) >= 11 is 1.69. The molecule has 0 radical (unpaired) electrons. The Hall–Kier alpha value is -1.89. The number of pyridine rings is 1. The number of thiophene rings is 1. The van der Waals surface area contributed by atoms with Gasteiger partial charge in [0, 0.05) is 34.3 Å². The fourth-order valence-electron chi connectivity index (χ4n) is 2.38. The van der Waals surface area contributed by atoms with E-state index >= 15 is 0 Å². The molecule has 4 N–H and O–H groups in total. The van der Waals surface area contributed by atoms with E-state index in [-0.39, 0.29) is 12.1 Å². The van der Waals surface area contributed by atoms with Gasteiger partial charge in [0.25, 0.3) is 0 Å². The number of rotatable bonds is 4. The molecule has 3 aromatic heterocycles. The Labute approximate surface area is 139 Å². The highest BCUT2D eigenvalue weighted by molar-refractivity contribution is 7.18. The van der Waals surface area contributed by atoms with Crippen molar-refractivity contribution in [2.45, 2.75) is 38.8 Å². The van der Waals surface area contributed by atoms with Crippen LogP contribution in [0.25, 0.3) is 21.6 Å². The molecule has 5 nitrogen and oxygen atoms in total. The van der Waals surface area contributed by atoms with Crippen LogP contribution in [0, 0.1) is 0 Å². The van der Waals surface area contributed by atoms with Gasteiger partial charge in [0.2, 0.25) is 0 Å². The lowest BCUT2D eigenvalue weighted by Gasteiger charge is -2.16. The Bertz CT molecular complexity index is 810. The van der Waals surface area contributed by atoms with Gasteiger partial charge in [-0.1, -0.05) is 13.8 Å². The minimum absolute atomic E-state index is 0.180. The average Bonchev–Trinajstić information content (AvgIpc) is 2.98. The third kappa shape index (κ3) is 3.10. The zero-order valence-corrected chi connectivity index (χ0v) is 14.3. The molecule has 3 heterocycles. The summed E-state index contributed by atoms with van der Waals surface area (Å²) in [5.41, 5.74) is 14.1. The highest BCUT2D eigenvalue weighted by Gasteiger charge is 2.20. The van der Waals surface area contributed by atoms with Crippen molar-refractivity contribution < 1.29 is 0 Å². The van der Waals surface area contributed by atoms with E-state index < -0.39 is 0 Å². The van der Waals surface area contributed by atoms with Crippen molar-refractivity contribution in [1.82, 2.24) is 15.0 Å². The van der Waals surface area contributed by atoms with E-state index in [1.807, 2.05) is 19.1 Å². The van der Waals surface area contributed by atoms with Gasteiger partial charge in [-0.05, 0) is 31.0 Å². The standard InChI is InChI=1S/C17H21N5S/c1-9(2)13-8-12-15(14(19)10(3)18)21-16(22-17(12)23-13)11-4-6-20-7-5-11/h4-10,14H,18-19H2,1-3H3. The summed E-state index contributed by atoms with van der Waals surface area (Å²) in [6.45, 7) is 6.25. The second-order valence-corrected chi connectivity index (χ2v) is 7.14. The van der Waals surface area contributed by atoms with E-state index in [9.17, 15) is 0 Å². The first kappa shape index (κ1) is 16.0. The monoisotopic (exact) mass is 327 g/mol. The molecule has 0 spiro atoms. The number of hydrogen-bond acceptors (Lipinski definition) is 6. The molecule has 0 fully saturated rings. The second kappa shape index (κ2) is 6.31. The average molecular weight is 327 g/mol. The maximum absolute atomic E-state index is 6.31. The van der Waals surface area contributed by atoms with Crippen molar-refractivity contribution in [1.29, 1.82) is 0 Å². The highest BCUT2D eigenvalue weighted by atomic mass is 32.1. The van der Waals surface area contributed by atoms with Crippen LogP contribution in [-0.2, 0) is 0 Å². The summed E-state index contributed by atoms with van der Waals surface area (Å²) in [6, 6.07) is 5.45. The van der Waals surface area contributed by atoms with Crippen LogP contribution in [0.1, 0.15) is 43.3 Å². The minimum Gasteiger partial charge on any atom is -0.326 e. The van der Waals surface area contributed by atoms with E-state index in [2.05, 4.69) is 24.9 Å². The van der Waals surface area contributed by atoms with Gasteiger partial charge < -0.3 is 11.5 Å². The van der Waals surface area contributed by atoms with Gasteiger partial charge >= 0.3 is 0 Å². The molecular formula is C17H21N5S. The smallest absolute Gasteiger partial charge is 0.161 e. The quantitative estimate of drug-likeness (QED) is 0.768. The van der Waals surface area contributed by atoms with Crippen LogP contribution in [0.5, 0.6) is 0 Å². The number of fused-ring (bicyclic) bond motifs is 1. The molecule has 2 atom stereocenters. The highest BCUT2D eigenvalue weighted by Crippen LogP contribution is 2.34. The van der Waals surface area contributed by atoms with Crippen LogP contribution in [0.15, 0.2) is 30.6 Å². The Balaban J connectivity index is 2.24. The van der Waals surface area contributed by atoms with E-state index in [4.69, 9.17) is 21.4 Å². The summed E-state index contributed by atoms with van der Waals surface area (Å²) < 4.78 is 0. The van der Waals surface area contributed by atoms with E-state index in [0.29, 0.717) is 11.7 Å². The summed E-state index contributed by atoms with van der Waals surface area (Å²) in [4.78, 5) is 15.7. The van der Waals surface area contributed by atoms with Crippen molar-refractivity contribution in [3.05, 3.63) is 41.2 Å². The zero-order chi connectivity index (χ0) is 16.6. The van der Waals surface area contributed by atoms with Crippen molar-refractivity contribution in [2.75, 3.05) is 0 Å². The third-order valence-corrected chi connectivity index (χ3v) is 5.16. The third-order valence-electron chi connectivity index (χ3n) is 3.83. The first-order chi connectivity index (χ1) is 11.0. The Kier molecular flexibility index (Phi) is 4.39. The van der Waals surface area contributed by atoms with Crippen LogP contribution in [0.3, 0.4) is 0 Å². The first-order valence-corrected chi connectivity index (χ1v) is 8.52. The van der Waals surface area contributed by atoms with Crippen LogP contribution in [0.2, 0.25) is 0 Å². The molecule has 3 rings (SSSR count). The largest absolute Gasteiger partial charge is 0.326 e. The Morgan fingerprint density at radius 3 is 2.35 bits per heavy atom. The number of nitrogens with two attached hydrogens (primary N) is 2. The molecule has 2 unspecified atom stereocenters. The summed E-state index contributed by atoms with van der Waals surface area (Å²) in [5, 5.41) is 1.02. The van der Waals surface area contributed by atoms with Crippen molar-refractivity contribution >= 4 is 21.6 Å². The van der Waals surface area contributed by atoms with Crippen molar-refractivity contribution in [2.24, 2.45) is 11.5 Å². The van der Waals surface area contributed by atoms with E-state index in [1.54, 1.807) is 23.7 Å². The van der Waals surface area contributed by atoms with Crippen LogP contribution < -0.4 is 11.5 Å². The molecule has 0 aliphatic rings. The summed E-state index contributed by atoms with van der Waals surface area (Å²) in [6.07, 6.45) is 3.48. The summed E-state index contributed by atoms with van der Waals surface area (Å²) in [5.74, 6) is 1.11. The lowest BCUT2D eigenvalue weighted by atomic mass is 10.0. The van der Waals surface area contributed by atoms with Gasteiger partial charge in [0.05, 0.1) is 11.7 Å². The normalized spacial score (nSPS) is 14.3. The second-order valence-electron chi connectivity index (χ2n) is 6.08. The predicted octanol–water partition coefficient (Wildman–Crippen LogP) is 3.22. The van der Waals surface area contributed by atoms with Crippen molar-refractivity contribution in [3.63, 3.8) is 0 Å². The number of nitrogens with zero attached hydrogens (tertiary/aromatic N) is 3. The van der Waals surface area contributed by atoms with E-state index in [1.165, 1.54) is 4.88 Å². The van der Waals surface area contributed by atoms with Gasteiger partial charge in [0.15, 0.2) is 5.82 Å². The van der Waals surface area contributed by atoms with Gasteiger partial charge in [-0.25, -0.2) is 9.97 Å². The molecule has 0 amide bonds. The number of aromatic nitrogens is 3. The minimum atomic E-state index is -0.323. The van der Waals surface area contributed by atoms with Crippen LogP contribution >= 0.6 is 11.3 Å². The molecule has 6 heteroatoms. The first-order valence-electron chi connectivity index (χ1n) is 7.70. The fourth-order valence-corrected chi connectivity index (χ4v) is 3.42. The SMILES string of the molecule is CC(C)c1cc2c(C(N)C(C)N)nc(-c3ccncc3)nc2s1. The van der Waals surface area contributed by atoms with Crippen LogP contribution in [-0.4, -0.2) is 21.0 Å². The predicted molar refractivity (Wildman–Crippen MR) is 95.3 cm³/mol. The number of hydrogen-bond donors (Lipinski definition) is 2. The Morgan fingerprint density at radius 2 is 1.74 bits per heavy atom. The molecule has 0 saturated carbocycles. The lowest BCUT2D eigenvalue weighted by molar-refractivity contribution is 0.579. The molecule has 0 aromatic carbocycles. The van der Waals surface area contributed by atoms with Gasteiger partial charge in [-0.2, -0.15) is 0 Å². The zero-order valence-electron chi connectivity index (χ0n) is 13.5. The van der Waals surface area contributed by atoms with Gasteiger partial charge in [-0.3, -0.25) is 4.98 Å². The molecule has 3 aromatic rings. The van der Waals surface area contributed by atoms with Crippen LogP contribution in [0.4, 0.5) is 0 Å². The molecule has 120 valence electrons. The van der Waals surface area contributed by atoms with Crippen molar-refractivity contribution in [3.8, 4) is 11.4 Å². The topological polar surface area (TPSA) is 90.7 Å². The maximum Gasteiger partial charge on any atom is 0.161 e. The summed E-state index contributed by atoms with van der Waals surface area (Å²) in [7, 11) is 0. The maximum atomic E-state index is 6.31. The molecule has 23 heavy (non-hydrogen) atoms. The van der Waals surface area contributed by atoms with Gasteiger partial charge in [-0.15, -0.1) is 11.3 Å². The molecule has 0 aliphatic heterocycles. The fraction of sp³-hybridized carbons (Fsp3) is 0.353.